The van der Waals surface area contributed by atoms with E-state index in [1.165, 1.54) is 0 Å². The highest BCUT2D eigenvalue weighted by Crippen LogP contribution is 2.24. The van der Waals surface area contributed by atoms with E-state index in [0.717, 1.165) is 16.8 Å². The number of carbonyl (C=O) groups excluding carboxylic acids is 1. The van der Waals surface area contributed by atoms with Gasteiger partial charge in [-0.15, -0.1) is 0 Å². The summed E-state index contributed by atoms with van der Waals surface area (Å²) in [4.78, 5) is 18.7. The van der Waals surface area contributed by atoms with Crippen LogP contribution in [0, 0.1) is 11.3 Å². The Kier molecular flexibility index (Phi) is 4.13. The number of anilines is 1. The van der Waals surface area contributed by atoms with Crippen LogP contribution in [-0.2, 0) is 9.63 Å². The van der Waals surface area contributed by atoms with Gasteiger partial charge in [-0.25, -0.2) is 4.79 Å². The van der Waals surface area contributed by atoms with Crippen LogP contribution in [0.25, 0.3) is 6.08 Å². The van der Waals surface area contributed by atoms with Gasteiger partial charge in [0.1, 0.15) is 11.8 Å². The lowest BCUT2D eigenvalue weighted by Gasteiger charge is -2.14. The summed E-state index contributed by atoms with van der Waals surface area (Å²) in [5, 5.41) is 13.2. The monoisotopic (exact) mass is 317 g/mol. The molecule has 0 spiro atoms. The van der Waals surface area contributed by atoms with Crippen molar-refractivity contribution in [3.05, 3.63) is 70.8 Å². The van der Waals surface area contributed by atoms with Crippen LogP contribution in [0.4, 0.5) is 5.69 Å². The first-order valence-electron chi connectivity index (χ1n) is 7.38. The summed E-state index contributed by atoms with van der Waals surface area (Å²) < 4.78 is 0. The normalized spacial score (nSPS) is 15.0. The summed E-state index contributed by atoms with van der Waals surface area (Å²) in [6.07, 6.45) is 1.70. The fourth-order valence-electron chi connectivity index (χ4n) is 2.50. The first kappa shape index (κ1) is 15.5. The SMILES string of the molecule is CN(C)c1ccc(/C=C2\C(=O)ON=C2c2ccccc2)cc1C#N. The van der Waals surface area contributed by atoms with Crippen LogP contribution < -0.4 is 4.90 Å². The van der Waals surface area contributed by atoms with Gasteiger partial charge < -0.3 is 9.74 Å². The van der Waals surface area contributed by atoms with Crippen LogP contribution >= 0.6 is 0 Å². The lowest BCUT2D eigenvalue weighted by molar-refractivity contribution is -0.136. The smallest absolute Gasteiger partial charge is 0.368 e. The van der Waals surface area contributed by atoms with Crippen molar-refractivity contribution in [3.8, 4) is 6.07 Å². The molecule has 24 heavy (non-hydrogen) atoms. The van der Waals surface area contributed by atoms with Crippen molar-refractivity contribution in [1.29, 1.82) is 5.26 Å². The molecule has 0 aliphatic carbocycles. The molecule has 0 unspecified atom stereocenters. The predicted octanol–water partition coefficient (Wildman–Crippen LogP) is 2.97. The Balaban J connectivity index is 2.03. The second-order valence-corrected chi connectivity index (χ2v) is 5.53. The maximum atomic E-state index is 12.0. The van der Waals surface area contributed by atoms with Crippen molar-refractivity contribution in [2.45, 2.75) is 0 Å². The third-order valence-corrected chi connectivity index (χ3v) is 3.68. The van der Waals surface area contributed by atoms with E-state index in [9.17, 15) is 10.1 Å². The average Bonchev–Trinajstić information content (AvgIpc) is 2.96. The zero-order valence-corrected chi connectivity index (χ0v) is 13.4. The molecule has 0 saturated carbocycles. The van der Waals surface area contributed by atoms with Gasteiger partial charge in [-0.05, 0) is 23.8 Å². The van der Waals surface area contributed by atoms with Gasteiger partial charge in [0.15, 0.2) is 0 Å². The van der Waals surface area contributed by atoms with Gasteiger partial charge in [-0.1, -0.05) is 41.6 Å². The molecular weight excluding hydrogens is 302 g/mol. The first-order valence-corrected chi connectivity index (χ1v) is 7.38. The maximum absolute atomic E-state index is 12.0. The minimum Gasteiger partial charge on any atom is -0.377 e. The average molecular weight is 317 g/mol. The minimum atomic E-state index is -0.496. The molecule has 0 amide bonds. The number of hydrogen-bond donors (Lipinski definition) is 0. The summed E-state index contributed by atoms with van der Waals surface area (Å²) in [7, 11) is 3.76. The summed E-state index contributed by atoms with van der Waals surface area (Å²) in [6, 6.07) is 17.0. The number of nitrogens with zero attached hydrogens (tertiary/aromatic N) is 3. The van der Waals surface area contributed by atoms with Crippen LogP contribution in [0.3, 0.4) is 0 Å². The summed E-state index contributed by atoms with van der Waals surface area (Å²) >= 11 is 0. The predicted molar refractivity (Wildman–Crippen MR) is 92.5 cm³/mol. The fraction of sp³-hybridized carbons (Fsp3) is 0.105. The summed E-state index contributed by atoms with van der Waals surface area (Å²) in [5.41, 5.74) is 3.79. The molecule has 118 valence electrons. The van der Waals surface area contributed by atoms with Crippen LogP contribution in [-0.4, -0.2) is 25.8 Å². The highest BCUT2D eigenvalue weighted by molar-refractivity contribution is 6.31. The molecule has 0 aromatic heterocycles. The number of hydrogen-bond acceptors (Lipinski definition) is 5. The van der Waals surface area contributed by atoms with Crippen molar-refractivity contribution in [3.63, 3.8) is 0 Å². The molecule has 0 atom stereocenters. The number of nitriles is 1. The molecule has 0 fully saturated rings. The molecular formula is C19H15N3O2. The number of oxime groups is 1. The Morgan fingerprint density at radius 1 is 1.17 bits per heavy atom. The topological polar surface area (TPSA) is 65.7 Å². The minimum absolute atomic E-state index is 0.377. The third kappa shape index (κ3) is 2.90. The van der Waals surface area contributed by atoms with Crippen molar-refractivity contribution >= 4 is 23.4 Å². The Bertz CT molecular complexity index is 891. The molecule has 0 bridgehead atoms. The maximum Gasteiger partial charge on any atom is 0.368 e. The van der Waals surface area contributed by atoms with E-state index in [1.807, 2.05) is 61.5 Å². The summed E-state index contributed by atoms with van der Waals surface area (Å²) in [5.74, 6) is -0.496. The summed E-state index contributed by atoms with van der Waals surface area (Å²) in [6.45, 7) is 0. The van der Waals surface area contributed by atoms with Gasteiger partial charge in [0.2, 0.25) is 0 Å². The van der Waals surface area contributed by atoms with E-state index in [1.54, 1.807) is 12.1 Å². The van der Waals surface area contributed by atoms with Gasteiger partial charge in [-0.2, -0.15) is 5.26 Å². The number of carbonyl (C=O) groups is 1. The van der Waals surface area contributed by atoms with E-state index in [4.69, 9.17) is 4.84 Å². The molecule has 5 heteroatoms. The molecule has 5 nitrogen and oxygen atoms in total. The lowest BCUT2D eigenvalue weighted by Crippen LogP contribution is -2.10. The number of rotatable bonds is 3. The largest absolute Gasteiger partial charge is 0.377 e. The van der Waals surface area contributed by atoms with Crippen molar-refractivity contribution in [2.24, 2.45) is 5.16 Å². The van der Waals surface area contributed by atoms with Crippen LogP contribution in [0.5, 0.6) is 0 Å². The Morgan fingerprint density at radius 2 is 1.92 bits per heavy atom. The second-order valence-electron chi connectivity index (χ2n) is 5.53. The van der Waals surface area contributed by atoms with Gasteiger partial charge in [0, 0.05) is 19.7 Å². The second kappa shape index (κ2) is 6.39. The van der Waals surface area contributed by atoms with Gasteiger partial charge in [0.05, 0.1) is 16.8 Å². The molecule has 2 aromatic rings. The highest BCUT2D eigenvalue weighted by Gasteiger charge is 2.26. The lowest BCUT2D eigenvalue weighted by atomic mass is 9.99. The molecule has 1 aliphatic rings. The molecule has 0 radical (unpaired) electrons. The van der Waals surface area contributed by atoms with Crippen LogP contribution in [0.2, 0.25) is 0 Å². The molecule has 1 heterocycles. The first-order chi connectivity index (χ1) is 11.6. The molecule has 1 aliphatic heterocycles. The zero-order valence-electron chi connectivity index (χ0n) is 13.4. The van der Waals surface area contributed by atoms with E-state index in [2.05, 4.69) is 11.2 Å². The highest BCUT2D eigenvalue weighted by atomic mass is 16.7. The standard InChI is InChI=1S/C19H15N3O2/c1-22(2)17-9-8-13(10-15(17)12-20)11-16-18(21-24-19(16)23)14-6-4-3-5-7-14/h3-11H,1-2H3/b16-11-. The molecule has 3 rings (SSSR count). The van der Waals surface area contributed by atoms with Crippen LogP contribution in [0.15, 0.2) is 59.3 Å². The van der Waals surface area contributed by atoms with E-state index in [0.29, 0.717) is 16.8 Å². The van der Waals surface area contributed by atoms with Crippen molar-refractivity contribution in [1.82, 2.24) is 0 Å². The molecule has 2 aromatic carbocycles. The fourth-order valence-corrected chi connectivity index (χ4v) is 2.50. The molecule has 0 N–H and O–H groups in total. The van der Waals surface area contributed by atoms with E-state index < -0.39 is 5.97 Å². The van der Waals surface area contributed by atoms with Crippen molar-refractivity contribution in [2.75, 3.05) is 19.0 Å². The Morgan fingerprint density at radius 3 is 2.58 bits per heavy atom. The Hall–Kier alpha value is -3.39. The van der Waals surface area contributed by atoms with Gasteiger partial charge >= 0.3 is 5.97 Å². The van der Waals surface area contributed by atoms with Gasteiger partial charge in [-0.3, -0.25) is 0 Å². The van der Waals surface area contributed by atoms with Gasteiger partial charge in [0.25, 0.3) is 0 Å². The zero-order chi connectivity index (χ0) is 17.1. The number of benzene rings is 2. The van der Waals surface area contributed by atoms with E-state index in [-0.39, 0.29) is 0 Å². The Labute approximate surface area is 140 Å². The quantitative estimate of drug-likeness (QED) is 0.645. The molecule has 0 saturated heterocycles. The van der Waals surface area contributed by atoms with Crippen LogP contribution in [0.1, 0.15) is 16.7 Å². The van der Waals surface area contributed by atoms with E-state index >= 15 is 0 Å². The van der Waals surface area contributed by atoms with Crippen molar-refractivity contribution < 1.29 is 9.63 Å². The third-order valence-electron chi connectivity index (χ3n) is 3.68.